The number of anilines is 1. The molecule has 0 saturated heterocycles. The third-order valence-corrected chi connectivity index (χ3v) is 4.69. The van der Waals surface area contributed by atoms with Crippen molar-refractivity contribution in [2.24, 2.45) is 0 Å². The minimum Gasteiger partial charge on any atom is -0.494 e. The van der Waals surface area contributed by atoms with Gasteiger partial charge in [0.05, 0.1) is 13.2 Å². The Morgan fingerprint density at radius 1 is 0.903 bits per heavy atom. The molecule has 0 heterocycles. The second-order valence-corrected chi connectivity index (χ2v) is 7.47. The third-order valence-electron chi connectivity index (χ3n) is 4.48. The van der Waals surface area contributed by atoms with Gasteiger partial charge in [-0.25, -0.2) is 0 Å². The molecule has 2 rings (SSSR count). The molecule has 0 aliphatic heterocycles. The van der Waals surface area contributed by atoms with Crippen LogP contribution in [0.4, 0.5) is 5.69 Å². The molecule has 0 aliphatic carbocycles. The summed E-state index contributed by atoms with van der Waals surface area (Å²) in [6.07, 6.45) is 9.24. The highest BCUT2D eigenvalue weighted by Gasteiger charge is 2.03. The number of hydrogen-bond acceptors (Lipinski definition) is 4. The van der Waals surface area contributed by atoms with Crippen molar-refractivity contribution in [2.45, 2.75) is 46.0 Å². The molecule has 0 unspecified atom stereocenters. The van der Waals surface area contributed by atoms with Crippen LogP contribution in [0.3, 0.4) is 0 Å². The highest BCUT2D eigenvalue weighted by Crippen LogP contribution is 2.16. The third kappa shape index (κ3) is 10.1. The van der Waals surface area contributed by atoms with Gasteiger partial charge in [0.15, 0.2) is 5.11 Å². The van der Waals surface area contributed by atoms with Crippen molar-refractivity contribution in [3.05, 3.63) is 60.2 Å². The Morgan fingerprint density at radius 2 is 1.55 bits per heavy atom. The van der Waals surface area contributed by atoms with Gasteiger partial charge in [-0.1, -0.05) is 44.7 Å². The molecule has 0 spiro atoms. The second kappa shape index (κ2) is 14.2. The molecule has 5 nitrogen and oxygen atoms in total. The van der Waals surface area contributed by atoms with Crippen LogP contribution in [-0.2, 0) is 4.79 Å². The fourth-order valence-corrected chi connectivity index (χ4v) is 3.08. The van der Waals surface area contributed by atoms with Crippen LogP contribution in [0.15, 0.2) is 54.6 Å². The molecule has 0 bridgehead atoms. The van der Waals surface area contributed by atoms with E-state index in [1.165, 1.54) is 31.8 Å². The average Bonchev–Trinajstić information content (AvgIpc) is 2.77. The molecule has 0 fully saturated rings. The Hall–Kier alpha value is -2.86. The summed E-state index contributed by atoms with van der Waals surface area (Å²) in [4.78, 5) is 12.1. The molecule has 2 aromatic rings. The second-order valence-electron chi connectivity index (χ2n) is 7.07. The quantitative estimate of drug-likeness (QED) is 0.242. The van der Waals surface area contributed by atoms with Gasteiger partial charge in [-0.15, -0.1) is 0 Å². The standard InChI is InChI=1S/C25H32N2O3S/c1-3-5-6-7-8-19-30-23-16-12-21(13-17-23)26-25(31)27-24(28)18-11-20-9-14-22(15-10-20)29-4-2/h9-18H,3-8,19H2,1-2H3,(H2,26,27,28,31)/b18-11+. The van der Waals surface area contributed by atoms with E-state index >= 15 is 0 Å². The monoisotopic (exact) mass is 440 g/mol. The molecule has 0 aliphatic rings. The van der Waals surface area contributed by atoms with Gasteiger partial charge in [-0.3, -0.25) is 10.1 Å². The van der Waals surface area contributed by atoms with Crippen molar-refractivity contribution in [3.8, 4) is 11.5 Å². The maximum atomic E-state index is 12.1. The van der Waals surface area contributed by atoms with Crippen LogP contribution in [-0.4, -0.2) is 24.2 Å². The summed E-state index contributed by atoms with van der Waals surface area (Å²) in [6, 6.07) is 15.1. The maximum absolute atomic E-state index is 12.1. The lowest BCUT2D eigenvalue weighted by Crippen LogP contribution is -2.32. The minimum absolute atomic E-state index is 0.242. The molecular formula is C25H32N2O3S. The molecule has 0 atom stereocenters. The Labute approximate surface area is 190 Å². The van der Waals surface area contributed by atoms with E-state index in [-0.39, 0.29) is 11.0 Å². The first-order valence-electron chi connectivity index (χ1n) is 10.9. The van der Waals surface area contributed by atoms with Gasteiger partial charge in [0.1, 0.15) is 11.5 Å². The number of unbranched alkanes of at least 4 members (excludes halogenated alkanes) is 4. The van der Waals surface area contributed by atoms with Gasteiger partial charge in [-0.05, 0) is 73.6 Å². The molecule has 2 N–H and O–H groups in total. The summed E-state index contributed by atoms with van der Waals surface area (Å²) in [5, 5.41) is 5.89. The zero-order valence-electron chi connectivity index (χ0n) is 18.4. The van der Waals surface area contributed by atoms with Crippen LogP contribution in [0.5, 0.6) is 11.5 Å². The van der Waals surface area contributed by atoms with Crippen LogP contribution in [0.25, 0.3) is 6.08 Å². The maximum Gasteiger partial charge on any atom is 0.250 e. The van der Waals surface area contributed by atoms with Crippen molar-refractivity contribution in [2.75, 3.05) is 18.5 Å². The number of thiocarbonyl (C=S) groups is 1. The summed E-state index contributed by atoms with van der Waals surface area (Å²) in [5.41, 5.74) is 1.69. The van der Waals surface area contributed by atoms with Gasteiger partial charge in [-0.2, -0.15) is 0 Å². The van der Waals surface area contributed by atoms with E-state index in [4.69, 9.17) is 21.7 Å². The smallest absolute Gasteiger partial charge is 0.250 e. The molecule has 0 saturated carbocycles. The summed E-state index contributed by atoms with van der Waals surface area (Å²) in [7, 11) is 0. The lowest BCUT2D eigenvalue weighted by atomic mass is 10.2. The predicted octanol–water partition coefficient (Wildman–Crippen LogP) is 5.96. The molecule has 6 heteroatoms. The summed E-state index contributed by atoms with van der Waals surface area (Å²) in [5.74, 6) is 1.33. The number of nitrogens with one attached hydrogen (secondary N) is 2. The van der Waals surface area contributed by atoms with E-state index in [9.17, 15) is 4.79 Å². The van der Waals surface area contributed by atoms with E-state index in [0.29, 0.717) is 6.61 Å². The first-order chi connectivity index (χ1) is 15.1. The van der Waals surface area contributed by atoms with E-state index in [2.05, 4.69) is 17.6 Å². The molecule has 2 aromatic carbocycles. The highest BCUT2D eigenvalue weighted by atomic mass is 32.1. The Bertz CT molecular complexity index is 833. The number of carbonyl (C=O) groups is 1. The minimum atomic E-state index is -0.297. The number of benzene rings is 2. The topological polar surface area (TPSA) is 59.6 Å². The lowest BCUT2D eigenvalue weighted by Gasteiger charge is -2.10. The lowest BCUT2D eigenvalue weighted by molar-refractivity contribution is -0.115. The number of ether oxygens (including phenoxy) is 2. The molecule has 0 aromatic heterocycles. The van der Waals surface area contributed by atoms with Crippen molar-refractivity contribution in [1.29, 1.82) is 0 Å². The first kappa shape index (κ1) is 24.4. The van der Waals surface area contributed by atoms with Crippen LogP contribution in [0.1, 0.15) is 51.5 Å². The zero-order valence-corrected chi connectivity index (χ0v) is 19.2. The van der Waals surface area contributed by atoms with Crippen molar-refractivity contribution in [3.63, 3.8) is 0 Å². The molecule has 31 heavy (non-hydrogen) atoms. The van der Waals surface area contributed by atoms with E-state index in [0.717, 1.165) is 35.8 Å². The number of amides is 1. The van der Waals surface area contributed by atoms with Crippen LogP contribution < -0.4 is 20.1 Å². The Balaban J connectivity index is 1.71. The average molecular weight is 441 g/mol. The summed E-state index contributed by atoms with van der Waals surface area (Å²) < 4.78 is 11.2. The molecule has 0 radical (unpaired) electrons. The van der Waals surface area contributed by atoms with Crippen LogP contribution in [0.2, 0.25) is 0 Å². The van der Waals surface area contributed by atoms with E-state index in [1.54, 1.807) is 6.08 Å². The van der Waals surface area contributed by atoms with E-state index in [1.807, 2.05) is 55.5 Å². The Morgan fingerprint density at radius 3 is 2.23 bits per heavy atom. The zero-order chi connectivity index (χ0) is 22.3. The van der Waals surface area contributed by atoms with Crippen molar-refractivity contribution in [1.82, 2.24) is 5.32 Å². The summed E-state index contributed by atoms with van der Waals surface area (Å²) >= 11 is 5.22. The molecular weight excluding hydrogens is 408 g/mol. The number of hydrogen-bond donors (Lipinski definition) is 2. The first-order valence-corrected chi connectivity index (χ1v) is 11.3. The Kier molecular flexibility index (Phi) is 11.2. The van der Waals surface area contributed by atoms with Gasteiger partial charge in [0.25, 0.3) is 0 Å². The van der Waals surface area contributed by atoms with Crippen molar-refractivity contribution < 1.29 is 14.3 Å². The van der Waals surface area contributed by atoms with Gasteiger partial charge in [0, 0.05) is 11.8 Å². The SMILES string of the molecule is CCCCCCCOc1ccc(NC(=S)NC(=O)/C=C/c2ccc(OCC)cc2)cc1. The fraction of sp³-hybridized carbons (Fsp3) is 0.360. The predicted molar refractivity (Wildman–Crippen MR) is 132 cm³/mol. The van der Waals surface area contributed by atoms with Gasteiger partial charge in [0.2, 0.25) is 5.91 Å². The molecule has 166 valence electrons. The highest BCUT2D eigenvalue weighted by molar-refractivity contribution is 7.80. The van der Waals surface area contributed by atoms with Crippen LogP contribution >= 0.6 is 12.2 Å². The van der Waals surface area contributed by atoms with Crippen molar-refractivity contribution >= 4 is 35.0 Å². The number of carbonyl (C=O) groups excluding carboxylic acids is 1. The molecule has 1 amide bonds. The number of rotatable bonds is 12. The fourth-order valence-electron chi connectivity index (χ4n) is 2.86. The van der Waals surface area contributed by atoms with Gasteiger partial charge >= 0.3 is 0 Å². The largest absolute Gasteiger partial charge is 0.494 e. The summed E-state index contributed by atoms with van der Waals surface area (Å²) in [6.45, 7) is 5.50. The van der Waals surface area contributed by atoms with Crippen LogP contribution in [0, 0.1) is 0 Å². The van der Waals surface area contributed by atoms with Gasteiger partial charge < -0.3 is 14.8 Å². The normalized spacial score (nSPS) is 10.6. The van der Waals surface area contributed by atoms with E-state index < -0.39 is 0 Å².